The Bertz CT molecular complexity index is 202. The van der Waals surface area contributed by atoms with E-state index in [4.69, 9.17) is 15.9 Å². The van der Waals surface area contributed by atoms with E-state index in [0.717, 1.165) is 5.75 Å². The van der Waals surface area contributed by atoms with Gasteiger partial charge in [-0.1, -0.05) is 6.92 Å². The van der Waals surface area contributed by atoms with Gasteiger partial charge < -0.3 is 21.3 Å². The van der Waals surface area contributed by atoms with Gasteiger partial charge >= 0.3 is 0 Å². The van der Waals surface area contributed by atoms with Gasteiger partial charge in [-0.05, 0) is 24.9 Å². The van der Waals surface area contributed by atoms with Crippen LogP contribution in [0.3, 0.4) is 0 Å². The first kappa shape index (κ1) is 15.7. The molecule has 0 aromatic rings. The van der Waals surface area contributed by atoms with Crippen molar-refractivity contribution in [1.29, 1.82) is 0 Å². The van der Waals surface area contributed by atoms with Crippen molar-refractivity contribution in [3.63, 3.8) is 0 Å². The number of thioether (sulfide) groups is 1. The van der Waals surface area contributed by atoms with Crippen molar-refractivity contribution >= 4 is 17.7 Å². The Morgan fingerprint density at radius 1 is 1.50 bits per heavy atom. The topological polar surface area (TPSA) is 95.6 Å². The van der Waals surface area contributed by atoms with Crippen LogP contribution in [0.25, 0.3) is 0 Å². The van der Waals surface area contributed by atoms with Crippen LogP contribution in [0.2, 0.25) is 0 Å². The quantitative estimate of drug-likeness (QED) is 0.458. The lowest BCUT2D eigenvalue weighted by Crippen LogP contribution is -2.57. The molecule has 0 bridgehead atoms. The molecule has 0 fully saturated rings. The fourth-order valence-corrected chi connectivity index (χ4v) is 1.66. The van der Waals surface area contributed by atoms with E-state index in [2.05, 4.69) is 5.32 Å². The third kappa shape index (κ3) is 4.69. The van der Waals surface area contributed by atoms with Gasteiger partial charge in [0, 0.05) is 0 Å². The first-order chi connectivity index (χ1) is 7.55. The summed E-state index contributed by atoms with van der Waals surface area (Å²) < 4.78 is 0. The fourth-order valence-electron chi connectivity index (χ4n) is 1.17. The number of hydrogen-bond donors (Lipinski definition) is 4. The average Bonchev–Trinajstić information content (AvgIpc) is 2.32. The fraction of sp³-hybridized carbons (Fsp3) is 0.900. The van der Waals surface area contributed by atoms with E-state index in [1.165, 1.54) is 0 Å². The summed E-state index contributed by atoms with van der Waals surface area (Å²) in [6.45, 7) is 1.21. The normalized spacial score (nSPS) is 13.6. The van der Waals surface area contributed by atoms with Crippen molar-refractivity contribution in [1.82, 2.24) is 5.32 Å². The Balaban J connectivity index is 4.28. The summed E-state index contributed by atoms with van der Waals surface area (Å²) in [5.41, 5.74) is 4.74. The second-order valence-corrected chi connectivity index (χ2v) is 4.81. The summed E-state index contributed by atoms with van der Waals surface area (Å²) in [5, 5.41) is 20.9. The van der Waals surface area contributed by atoms with Crippen molar-refractivity contribution in [2.75, 3.05) is 25.2 Å². The lowest BCUT2D eigenvalue weighted by atomic mass is 9.97. The number of aliphatic hydroxyl groups is 2. The summed E-state index contributed by atoms with van der Waals surface area (Å²) in [5.74, 6) is 0.491. The third-order valence-corrected chi connectivity index (χ3v) is 3.28. The van der Waals surface area contributed by atoms with Crippen molar-refractivity contribution in [2.24, 2.45) is 5.73 Å². The van der Waals surface area contributed by atoms with E-state index in [1.807, 2.05) is 6.26 Å². The molecule has 0 heterocycles. The Hall–Kier alpha value is -0.300. The molecule has 0 aliphatic rings. The average molecular weight is 250 g/mol. The predicted molar refractivity (Wildman–Crippen MR) is 66.3 cm³/mol. The minimum atomic E-state index is -0.950. The smallest absolute Gasteiger partial charge is 0.237 e. The largest absolute Gasteiger partial charge is 0.394 e. The molecule has 0 aromatic carbocycles. The highest BCUT2D eigenvalue weighted by Gasteiger charge is 2.30. The summed E-state index contributed by atoms with van der Waals surface area (Å²) >= 11 is 1.62. The van der Waals surface area contributed by atoms with Crippen LogP contribution < -0.4 is 11.1 Å². The molecule has 0 saturated carbocycles. The van der Waals surface area contributed by atoms with Gasteiger partial charge in [0.25, 0.3) is 0 Å². The van der Waals surface area contributed by atoms with E-state index < -0.39 is 11.6 Å². The van der Waals surface area contributed by atoms with Gasteiger partial charge in [0.1, 0.15) is 0 Å². The first-order valence-electron chi connectivity index (χ1n) is 5.33. The second kappa shape index (κ2) is 7.89. The third-order valence-electron chi connectivity index (χ3n) is 2.64. The Morgan fingerprint density at radius 3 is 2.44 bits per heavy atom. The molecule has 5 N–H and O–H groups in total. The number of hydrogen-bond acceptors (Lipinski definition) is 5. The Morgan fingerprint density at radius 2 is 2.06 bits per heavy atom. The number of amides is 1. The van der Waals surface area contributed by atoms with Crippen molar-refractivity contribution < 1.29 is 15.0 Å². The minimum absolute atomic E-state index is 0.291. The number of nitrogens with one attached hydrogen (secondary N) is 1. The van der Waals surface area contributed by atoms with Crippen LogP contribution in [0.5, 0.6) is 0 Å². The van der Waals surface area contributed by atoms with Gasteiger partial charge in [0.05, 0.1) is 24.8 Å². The van der Waals surface area contributed by atoms with Crippen LogP contribution >= 0.6 is 11.8 Å². The molecule has 0 spiro atoms. The molecule has 0 radical (unpaired) electrons. The number of rotatable bonds is 8. The van der Waals surface area contributed by atoms with E-state index in [-0.39, 0.29) is 19.1 Å². The molecular weight excluding hydrogens is 228 g/mol. The van der Waals surface area contributed by atoms with E-state index in [1.54, 1.807) is 18.7 Å². The van der Waals surface area contributed by atoms with Gasteiger partial charge in [-0.15, -0.1) is 0 Å². The molecule has 1 atom stereocenters. The number of carbonyl (C=O) groups excluding carboxylic acids is 1. The molecule has 6 heteroatoms. The van der Waals surface area contributed by atoms with Crippen LogP contribution in [-0.2, 0) is 4.79 Å². The monoisotopic (exact) mass is 250 g/mol. The van der Waals surface area contributed by atoms with Gasteiger partial charge in [-0.2, -0.15) is 11.8 Å². The summed E-state index contributed by atoms with van der Waals surface area (Å²) in [6, 6.07) is -0.587. The highest BCUT2D eigenvalue weighted by Crippen LogP contribution is 2.09. The van der Waals surface area contributed by atoms with Crippen molar-refractivity contribution in [2.45, 2.75) is 31.3 Å². The molecule has 0 aromatic heterocycles. The van der Waals surface area contributed by atoms with E-state index >= 15 is 0 Å². The molecule has 0 aliphatic heterocycles. The number of aliphatic hydroxyl groups excluding tert-OH is 2. The van der Waals surface area contributed by atoms with Crippen LogP contribution in [-0.4, -0.2) is 52.9 Å². The molecule has 0 aliphatic carbocycles. The van der Waals surface area contributed by atoms with Crippen LogP contribution in [0.15, 0.2) is 0 Å². The van der Waals surface area contributed by atoms with Crippen LogP contribution in [0.4, 0.5) is 0 Å². The zero-order chi connectivity index (χ0) is 12.6. The molecule has 0 saturated heterocycles. The maximum absolute atomic E-state index is 11.7. The maximum Gasteiger partial charge on any atom is 0.237 e. The zero-order valence-corrected chi connectivity index (χ0v) is 10.7. The number of nitrogens with two attached hydrogens (primary N) is 1. The molecule has 0 rings (SSSR count). The van der Waals surface area contributed by atoms with Crippen LogP contribution in [0, 0.1) is 0 Å². The highest BCUT2D eigenvalue weighted by atomic mass is 32.2. The van der Waals surface area contributed by atoms with Gasteiger partial charge in [0.15, 0.2) is 0 Å². The second-order valence-electron chi connectivity index (χ2n) is 3.83. The lowest BCUT2D eigenvalue weighted by Gasteiger charge is -2.30. The van der Waals surface area contributed by atoms with E-state index in [0.29, 0.717) is 12.8 Å². The zero-order valence-electron chi connectivity index (χ0n) is 9.90. The standard InChI is InChI=1S/C10H22N2O3S/c1-3-10(6-13,7-14)12-9(15)8(11)4-5-16-2/h8,13-14H,3-7,11H2,1-2H3,(H,12,15)/t8-/m0/s1. The first-order valence-corrected chi connectivity index (χ1v) is 6.73. The Kier molecular flexibility index (Phi) is 7.74. The highest BCUT2D eigenvalue weighted by molar-refractivity contribution is 7.98. The molecule has 16 heavy (non-hydrogen) atoms. The molecular formula is C10H22N2O3S. The summed E-state index contributed by atoms with van der Waals surface area (Å²) in [4.78, 5) is 11.7. The SMILES string of the molecule is CCC(CO)(CO)NC(=O)[C@@H](N)CCSC. The molecule has 96 valence electrons. The predicted octanol–water partition coefficient (Wildman–Crippen LogP) is -0.684. The van der Waals surface area contributed by atoms with Gasteiger partial charge in [-0.25, -0.2) is 0 Å². The van der Waals surface area contributed by atoms with Crippen molar-refractivity contribution in [3.8, 4) is 0 Å². The van der Waals surface area contributed by atoms with Crippen molar-refractivity contribution in [3.05, 3.63) is 0 Å². The number of carbonyl (C=O) groups is 1. The van der Waals surface area contributed by atoms with Gasteiger partial charge in [0.2, 0.25) is 5.91 Å². The summed E-state index contributed by atoms with van der Waals surface area (Å²) in [6.07, 6.45) is 2.99. The molecule has 5 nitrogen and oxygen atoms in total. The molecule has 0 unspecified atom stereocenters. The Labute approximate surface area is 101 Å². The van der Waals surface area contributed by atoms with Gasteiger partial charge in [-0.3, -0.25) is 4.79 Å². The summed E-state index contributed by atoms with van der Waals surface area (Å²) in [7, 11) is 0. The molecule has 1 amide bonds. The lowest BCUT2D eigenvalue weighted by molar-refractivity contribution is -0.125. The minimum Gasteiger partial charge on any atom is -0.394 e. The van der Waals surface area contributed by atoms with Crippen LogP contribution in [0.1, 0.15) is 19.8 Å². The van der Waals surface area contributed by atoms with E-state index in [9.17, 15) is 4.79 Å². The maximum atomic E-state index is 11.7.